The molecule has 33 heavy (non-hydrogen) atoms. The predicted molar refractivity (Wildman–Crippen MR) is 113 cm³/mol. The van der Waals surface area contributed by atoms with Gasteiger partial charge in [-0.2, -0.15) is 0 Å². The summed E-state index contributed by atoms with van der Waals surface area (Å²) in [4.78, 5) is 35.4. The highest BCUT2D eigenvalue weighted by Crippen LogP contribution is 2.18. The van der Waals surface area contributed by atoms with Gasteiger partial charge in [0.05, 0.1) is 23.3 Å². The van der Waals surface area contributed by atoms with E-state index in [0.29, 0.717) is 5.76 Å². The van der Waals surface area contributed by atoms with Gasteiger partial charge in [0, 0.05) is 5.69 Å². The number of esters is 1. The first-order valence-corrected chi connectivity index (χ1v) is 10.9. The number of halogens is 1. The van der Waals surface area contributed by atoms with Crippen molar-refractivity contribution in [3.8, 4) is 0 Å². The second-order valence-corrected chi connectivity index (χ2v) is 8.21. The number of nitrogens with one attached hydrogen (secondary N) is 3. The Balaban J connectivity index is 1.53. The third-order valence-corrected chi connectivity index (χ3v) is 5.45. The highest BCUT2D eigenvalue weighted by atomic mass is 32.2. The fourth-order valence-electron chi connectivity index (χ4n) is 2.52. The van der Waals surface area contributed by atoms with Gasteiger partial charge in [-0.05, 0) is 54.6 Å². The lowest BCUT2D eigenvalue weighted by atomic mass is 10.2. The molecule has 2 aromatic carbocycles. The van der Waals surface area contributed by atoms with Gasteiger partial charge in [-0.3, -0.25) is 14.8 Å². The van der Waals surface area contributed by atoms with Gasteiger partial charge in [0.1, 0.15) is 11.6 Å². The number of amides is 3. The molecule has 0 atom stereocenters. The quantitative estimate of drug-likeness (QED) is 0.424. The van der Waals surface area contributed by atoms with E-state index in [2.05, 4.69) is 10.0 Å². The molecule has 1 heterocycles. The fourth-order valence-corrected chi connectivity index (χ4v) is 3.63. The average molecular weight is 475 g/mol. The maximum Gasteiger partial charge on any atom is 0.338 e. The summed E-state index contributed by atoms with van der Waals surface area (Å²) in [6.07, 6.45) is 1.43. The van der Waals surface area contributed by atoms with Crippen molar-refractivity contribution in [3.63, 3.8) is 0 Å². The molecule has 0 fully saturated rings. The molecule has 3 amide bonds. The molecule has 0 saturated heterocycles. The molecule has 10 nitrogen and oxygen atoms in total. The number of sulfonamides is 1. The molecule has 3 N–H and O–H groups in total. The van der Waals surface area contributed by atoms with Crippen LogP contribution in [0.15, 0.2) is 76.2 Å². The first-order chi connectivity index (χ1) is 15.7. The van der Waals surface area contributed by atoms with Crippen LogP contribution in [0.3, 0.4) is 0 Å². The Morgan fingerprint density at radius 3 is 2.45 bits per heavy atom. The van der Waals surface area contributed by atoms with E-state index in [1.54, 1.807) is 12.1 Å². The summed E-state index contributed by atoms with van der Waals surface area (Å²) in [5.74, 6) is -1.91. The van der Waals surface area contributed by atoms with E-state index in [9.17, 15) is 27.2 Å². The molecule has 0 saturated carbocycles. The molecule has 12 heteroatoms. The number of imide groups is 1. The predicted octanol–water partition coefficient (Wildman–Crippen LogP) is 2.40. The van der Waals surface area contributed by atoms with Crippen molar-refractivity contribution in [2.24, 2.45) is 0 Å². The molecule has 1 aromatic heterocycles. The van der Waals surface area contributed by atoms with Crippen molar-refractivity contribution < 1.29 is 36.3 Å². The van der Waals surface area contributed by atoms with Crippen molar-refractivity contribution in [2.75, 3.05) is 11.3 Å². The third-order valence-electron chi connectivity index (χ3n) is 4.07. The van der Waals surface area contributed by atoms with Crippen LogP contribution in [0.2, 0.25) is 0 Å². The Bertz CT molecular complexity index is 1240. The normalized spacial score (nSPS) is 10.8. The number of rotatable bonds is 8. The monoisotopic (exact) mass is 475 g/mol. The lowest BCUT2D eigenvalue weighted by Crippen LogP contribution is -2.41. The Labute approximate surface area is 187 Å². The Morgan fingerprint density at radius 2 is 1.76 bits per heavy atom. The van der Waals surface area contributed by atoms with E-state index in [1.165, 1.54) is 36.6 Å². The molecule has 0 radical (unpaired) electrons. The molecule has 0 aliphatic rings. The van der Waals surface area contributed by atoms with E-state index in [0.717, 1.165) is 18.2 Å². The molecule has 0 aliphatic heterocycles. The van der Waals surface area contributed by atoms with Crippen LogP contribution in [0.1, 0.15) is 16.1 Å². The van der Waals surface area contributed by atoms with E-state index < -0.39 is 40.4 Å². The Kier molecular flexibility index (Phi) is 7.41. The number of carbonyl (C=O) groups excluding carboxylic acids is 3. The zero-order chi connectivity index (χ0) is 23.8. The minimum atomic E-state index is -4.07. The lowest BCUT2D eigenvalue weighted by molar-refractivity contribution is -0.123. The Morgan fingerprint density at radius 1 is 1.00 bits per heavy atom. The molecule has 0 bridgehead atoms. The minimum Gasteiger partial charge on any atom is -0.467 e. The molecule has 3 rings (SSSR count). The van der Waals surface area contributed by atoms with Crippen molar-refractivity contribution in [1.29, 1.82) is 0 Å². The van der Waals surface area contributed by atoms with E-state index in [1.807, 2.05) is 5.32 Å². The zero-order valence-corrected chi connectivity index (χ0v) is 17.7. The second kappa shape index (κ2) is 10.4. The lowest BCUT2D eigenvalue weighted by Gasteiger charge is -2.10. The number of benzene rings is 2. The summed E-state index contributed by atoms with van der Waals surface area (Å²) in [6.45, 7) is -0.711. The van der Waals surface area contributed by atoms with Gasteiger partial charge >= 0.3 is 12.0 Å². The number of anilines is 1. The van der Waals surface area contributed by atoms with Crippen LogP contribution in [0.5, 0.6) is 0 Å². The number of carbonyl (C=O) groups is 3. The summed E-state index contributed by atoms with van der Waals surface area (Å²) in [6, 6.07) is 12.1. The van der Waals surface area contributed by atoms with Crippen LogP contribution in [-0.2, 0) is 26.1 Å². The number of hydrogen-bond donors (Lipinski definition) is 3. The molecule has 0 spiro atoms. The van der Waals surface area contributed by atoms with E-state index in [4.69, 9.17) is 9.15 Å². The minimum absolute atomic E-state index is 0.0547. The third kappa shape index (κ3) is 6.90. The molecule has 3 aromatic rings. The van der Waals surface area contributed by atoms with Gasteiger partial charge in [0.2, 0.25) is 0 Å². The smallest absolute Gasteiger partial charge is 0.338 e. The van der Waals surface area contributed by atoms with Crippen molar-refractivity contribution >= 4 is 33.6 Å². The van der Waals surface area contributed by atoms with E-state index in [-0.39, 0.29) is 22.7 Å². The van der Waals surface area contributed by atoms with Crippen molar-refractivity contribution in [3.05, 3.63) is 84.1 Å². The maximum absolute atomic E-state index is 13.0. The van der Waals surface area contributed by atoms with Crippen LogP contribution < -0.4 is 15.4 Å². The van der Waals surface area contributed by atoms with Crippen molar-refractivity contribution in [1.82, 2.24) is 10.6 Å². The number of hydrogen-bond acceptors (Lipinski definition) is 7. The number of ether oxygens (including phenoxy) is 1. The van der Waals surface area contributed by atoms with Gasteiger partial charge in [-0.15, -0.1) is 0 Å². The molecular formula is C21H18FN3O7S. The van der Waals surface area contributed by atoms with Crippen LogP contribution in [0, 0.1) is 5.82 Å². The van der Waals surface area contributed by atoms with Gasteiger partial charge in [0.15, 0.2) is 6.61 Å². The van der Waals surface area contributed by atoms with Gasteiger partial charge < -0.3 is 14.5 Å². The second-order valence-electron chi connectivity index (χ2n) is 6.53. The maximum atomic E-state index is 13.0. The molecule has 172 valence electrons. The van der Waals surface area contributed by atoms with Crippen LogP contribution in [0.25, 0.3) is 0 Å². The first-order valence-electron chi connectivity index (χ1n) is 9.38. The fraction of sp³-hybridized carbons (Fsp3) is 0.0952. The summed E-state index contributed by atoms with van der Waals surface area (Å²) in [5.41, 5.74) is -0.00146. The first kappa shape index (κ1) is 23.5. The van der Waals surface area contributed by atoms with Gasteiger partial charge in [0.25, 0.3) is 15.9 Å². The topological polar surface area (TPSA) is 144 Å². The highest BCUT2D eigenvalue weighted by Gasteiger charge is 2.18. The average Bonchev–Trinajstić information content (AvgIpc) is 3.31. The van der Waals surface area contributed by atoms with Crippen molar-refractivity contribution in [2.45, 2.75) is 11.4 Å². The Hall–Kier alpha value is -4.19. The molecular weight excluding hydrogens is 457 g/mol. The molecule has 0 aliphatic carbocycles. The zero-order valence-electron chi connectivity index (χ0n) is 16.9. The van der Waals surface area contributed by atoms with Crippen LogP contribution >= 0.6 is 0 Å². The van der Waals surface area contributed by atoms with Crippen LogP contribution in [-0.4, -0.2) is 32.9 Å². The largest absolute Gasteiger partial charge is 0.467 e. The number of furan rings is 1. The SMILES string of the molecule is O=C(COC(=O)c1cccc(S(=O)(=O)Nc2ccc(F)cc2)c1)NC(=O)NCc1ccco1. The van der Waals surface area contributed by atoms with Gasteiger partial charge in [-0.1, -0.05) is 6.07 Å². The van der Waals surface area contributed by atoms with Crippen LogP contribution in [0.4, 0.5) is 14.9 Å². The summed E-state index contributed by atoms with van der Waals surface area (Å²) in [7, 11) is -4.07. The molecule has 0 unspecified atom stereocenters. The summed E-state index contributed by atoms with van der Waals surface area (Å²) < 4.78 is 50.2. The summed E-state index contributed by atoms with van der Waals surface area (Å²) in [5, 5.41) is 4.36. The number of urea groups is 1. The van der Waals surface area contributed by atoms with Gasteiger partial charge in [-0.25, -0.2) is 22.4 Å². The summed E-state index contributed by atoms with van der Waals surface area (Å²) >= 11 is 0. The standard InChI is InChI=1S/C21H18FN3O7S/c22-15-6-8-16(9-7-15)25-33(29,30)18-5-1-3-14(11-18)20(27)32-13-19(26)24-21(28)23-12-17-4-2-10-31-17/h1-11,25H,12-13H2,(H2,23,24,26,28). The highest BCUT2D eigenvalue weighted by molar-refractivity contribution is 7.92. The van der Waals surface area contributed by atoms with E-state index >= 15 is 0 Å².